The summed E-state index contributed by atoms with van der Waals surface area (Å²) in [5.74, 6) is -0.0667. The van der Waals surface area contributed by atoms with Gasteiger partial charge in [0.05, 0.1) is 10.3 Å². The van der Waals surface area contributed by atoms with Crippen LogP contribution < -0.4 is 5.32 Å². The highest BCUT2D eigenvalue weighted by molar-refractivity contribution is 9.11. The largest absolute Gasteiger partial charge is 0.348 e. The van der Waals surface area contributed by atoms with Gasteiger partial charge in [-0.05, 0) is 45.6 Å². The van der Waals surface area contributed by atoms with E-state index in [1.165, 1.54) is 0 Å². The molecule has 2 aromatic heterocycles. The fourth-order valence-electron chi connectivity index (χ4n) is 1.22. The highest BCUT2D eigenvalue weighted by Crippen LogP contribution is 2.22. The minimum atomic E-state index is -0.0667. The Bertz CT molecular complexity index is 516. The van der Waals surface area contributed by atoms with Crippen molar-refractivity contribution in [1.82, 2.24) is 5.32 Å². The van der Waals surface area contributed by atoms with Crippen molar-refractivity contribution in [3.05, 3.63) is 49.3 Å². The first-order valence-corrected chi connectivity index (χ1v) is 7.46. The van der Waals surface area contributed by atoms with E-state index in [1.807, 2.05) is 35.7 Å². The van der Waals surface area contributed by atoms with Crippen LogP contribution in [0.2, 0.25) is 0 Å². The van der Waals surface area contributed by atoms with Gasteiger partial charge in [-0.3, -0.25) is 4.79 Å². The van der Waals surface area contributed by atoms with Crippen molar-refractivity contribution in [2.24, 2.45) is 0 Å². The van der Waals surface area contributed by atoms with E-state index in [1.54, 1.807) is 28.7 Å². The van der Waals surface area contributed by atoms with E-state index in [0.717, 1.165) is 13.5 Å². The second-order valence-electron chi connectivity index (χ2n) is 3.27. The molecule has 0 saturated heterocycles. The molecule has 88 valence electrons. The molecule has 0 aliphatic carbocycles. The molecule has 2 rings (SSSR count). The van der Waals surface area contributed by atoms with Crippen LogP contribution in [0.4, 0.5) is 0 Å². The number of amides is 1. The van der Waals surface area contributed by atoms with Crippen LogP contribution in [0.3, 0.4) is 0 Å². The van der Waals surface area contributed by atoms with Gasteiger partial charge in [0.25, 0.3) is 0 Å². The lowest BCUT2D eigenvalue weighted by atomic mass is 10.4. The highest BCUT2D eigenvalue weighted by atomic mass is 79.9. The molecule has 5 heteroatoms. The molecule has 0 aromatic carbocycles. The third kappa shape index (κ3) is 4.11. The van der Waals surface area contributed by atoms with E-state index in [0.29, 0.717) is 6.54 Å². The number of hydrogen-bond acceptors (Lipinski definition) is 3. The number of carbonyl (C=O) groups is 1. The van der Waals surface area contributed by atoms with E-state index >= 15 is 0 Å². The van der Waals surface area contributed by atoms with Gasteiger partial charge in [-0.2, -0.15) is 0 Å². The summed E-state index contributed by atoms with van der Waals surface area (Å²) < 4.78 is 1.07. The third-order valence-corrected chi connectivity index (χ3v) is 4.48. The maximum atomic E-state index is 11.5. The second-order valence-corrected chi connectivity index (χ2v) is 6.80. The van der Waals surface area contributed by atoms with E-state index in [2.05, 4.69) is 21.2 Å². The lowest BCUT2D eigenvalue weighted by Gasteiger charge is -1.98. The normalized spacial score (nSPS) is 10.9. The van der Waals surface area contributed by atoms with Gasteiger partial charge in [0.15, 0.2) is 0 Å². The van der Waals surface area contributed by atoms with Gasteiger partial charge in [0.1, 0.15) is 0 Å². The van der Waals surface area contributed by atoms with Gasteiger partial charge in [0.2, 0.25) is 5.91 Å². The molecule has 0 bridgehead atoms. The molecule has 2 nitrogen and oxygen atoms in total. The summed E-state index contributed by atoms with van der Waals surface area (Å²) in [4.78, 5) is 13.7. The van der Waals surface area contributed by atoms with Crippen molar-refractivity contribution >= 4 is 50.6 Å². The molecule has 0 aliphatic heterocycles. The van der Waals surface area contributed by atoms with Crippen molar-refractivity contribution < 1.29 is 4.79 Å². The van der Waals surface area contributed by atoms with Crippen LogP contribution in [-0.4, -0.2) is 5.91 Å². The van der Waals surface area contributed by atoms with Crippen molar-refractivity contribution in [3.63, 3.8) is 0 Å². The number of rotatable bonds is 4. The van der Waals surface area contributed by atoms with Gasteiger partial charge < -0.3 is 5.32 Å². The zero-order valence-electron chi connectivity index (χ0n) is 8.85. The number of nitrogens with one attached hydrogen (secondary N) is 1. The molecule has 2 aromatic rings. The predicted molar refractivity (Wildman–Crippen MR) is 77.2 cm³/mol. The summed E-state index contributed by atoms with van der Waals surface area (Å²) in [5, 5.41) is 4.84. The van der Waals surface area contributed by atoms with Gasteiger partial charge in [0, 0.05) is 15.8 Å². The zero-order valence-corrected chi connectivity index (χ0v) is 12.1. The fraction of sp³-hybridized carbons (Fsp3) is 0.0833. The molecule has 0 radical (unpaired) electrons. The minimum absolute atomic E-state index is 0.0667. The van der Waals surface area contributed by atoms with Crippen LogP contribution in [-0.2, 0) is 11.3 Å². The molecule has 0 aliphatic rings. The van der Waals surface area contributed by atoms with Crippen LogP contribution in [0.15, 0.2) is 39.5 Å². The Balaban J connectivity index is 1.83. The summed E-state index contributed by atoms with van der Waals surface area (Å²) in [7, 11) is 0. The number of halogens is 1. The topological polar surface area (TPSA) is 29.1 Å². The van der Waals surface area contributed by atoms with Gasteiger partial charge in [-0.15, -0.1) is 22.7 Å². The lowest BCUT2D eigenvalue weighted by Crippen LogP contribution is -2.19. The van der Waals surface area contributed by atoms with Gasteiger partial charge in [-0.1, -0.05) is 6.07 Å². The van der Waals surface area contributed by atoms with Crippen LogP contribution in [0.5, 0.6) is 0 Å². The maximum Gasteiger partial charge on any atom is 0.244 e. The number of thiophene rings is 2. The Hall–Kier alpha value is -0.910. The Morgan fingerprint density at radius 3 is 2.94 bits per heavy atom. The summed E-state index contributed by atoms with van der Waals surface area (Å²) in [5.41, 5.74) is 0. The minimum Gasteiger partial charge on any atom is -0.348 e. The molecular formula is C12H10BrNOS2. The molecule has 0 atom stereocenters. The van der Waals surface area contributed by atoms with Crippen molar-refractivity contribution in [2.45, 2.75) is 6.54 Å². The quantitative estimate of drug-likeness (QED) is 0.848. The van der Waals surface area contributed by atoms with Crippen LogP contribution in [0.1, 0.15) is 9.75 Å². The van der Waals surface area contributed by atoms with E-state index in [9.17, 15) is 4.79 Å². The van der Waals surface area contributed by atoms with E-state index < -0.39 is 0 Å². The Kier molecular flexibility index (Phi) is 4.53. The summed E-state index contributed by atoms with van der Waals surface area (Å²) >= 11 is 6.62. The third-order valence-electron chi connectivity index (χ3n) is 2.01. The van der Waals surface area contributed by atoms with Crippen LogP contribution >= 0.6 is 38.6 Å². The Labute approximate surface area is 116 Å². The molecular weight excluding hydrogens is 318 g/mol. The van der Waals surface area contributed by atoms with Crippen LogP contribution in [0.25, 0.3) is 6.08 Å². The molecule has 17 heavy (non-hydrogen) atoms. The Morgan fingerprint density at radius 1 is 1.41 bits per heavy atom. The average molecular weight is 328 g/mol. The Morgan fingerprint density at radius 2 is 2.29 bits per heavy atom. The molecule has 2 heterocycles. The zero-order chi connectivity index (χ0) is 12.1. The molecule has 0 fully saturated rings. The molecule has 0 saturated carbocycles. The van der Waals surface area contributed by atoms with Crippen molar-refractivity contribution in [1.29, 1.82) is 0 Å². The van der Waals surface area contributed by atoms with Crippen molar-refractivity contribution in [3.8, 4) is 0 Å². The average Bonchev–Trinajstić information content (AvgIpc) is 2.95. The predicted octanol–water partition coefficient (Wildman–Crippen LogP) is 3.90. The molecule has 0 unspecified atom stereocenters. The summed E-state index contributed by atoms with van der Waals surface area (Å²) in [6.45, 7) is 0.592. The summed E-state index contributed by atoms with van der Waals surface area (Å²) in [6.07, 6.45) is 3.38. The SMILES string of the molecule is O=C(/C=C/c1ccc(Br)s1)NCc1cccs1. The molecule has 1 amide bonds. The fourth-order valence-corrected chi connectivity index (χ4v) is 3.19. The molecule has 1 N–H and O–H groups in total. The number of carbonyl (C=O) groups excluding carboxylic acids is 1. The van der Waals surface area contributed by atoms with Crippen molar-refractivity contribution in [2.75, 3.05) is 0 Å². The van der Waals surface area contributed by atoms with Gasteiger partial charge in [-0.25, -0.2) is 0 Å². The summed E-state index contributed by atoms with van der Waals surface area (Å²) in [6, 6.07) is 7.92. The number of hydrogen-bond donors (Lipinski definition) is 1. The molecule has 0 spiro atoms. The van der Waals surface area contributed by atoms with Gasteiger partial charge >= 0.3 is 0 Å². The van der Waals surface area contributed by atoms with E-state index in [-0.39, 0.29) is 5.91 Å². The highest BCUT2D eigenvalue weighted by Gasteiger charge is 1.98. The standard InChI is InChI=1S/C12H10BrNOS2/c13-11-5-3-9(17-11)4-6-12(15)14-8-10-2-1-7-16-10/h1-7H,8H2,(H,14,15)/b6-4+. The smallest absolute Gasteiger partial charge is 0.244 e. The second kappa shape index (κ2) is 6.14. The maximum absolute atomic E-state index is 11.5. The van der Waals surface area contributed by atoms with Crippen LogP contribution in [0, 0.1) is 0 Å². The first-order valence-electron chi connectivity index (χ1n) is 4.97. The first-order chi connectivity index (χ1) is 8.24. The monoisotopic (exact) mass is 327 g/mol. The van der Waals surface area contributed by atoms with E-state index in [4.69, 9.17) is 0 Å². The first kappa shape index (κ1) is 12.5. The lowest BCUT2D eigenvalue weighted by molar-refractivity contribution is -0.116.